The van der Waals surface area contributed by atoms with Crippen LogP contribution in [0.15, 0.2) is 30.3 Å². The highest BCUT2D eigenvalue weighted by Gasteiger charge is 2.36. The fourth-order valence-electron chi connectivity index (χ4n) is 2.85. The van der Waals surface area contributed by atoms with E-state index in [1.54, 1.807) is 6.92 Å². The molecule has 1 rings (SSSR count). The first-order chi connectivity index (χ1) is 10.6. The summed E-state index contributed by atoms with van der Waals surface area (Å²) in [7, 11) is -1.54. The van der Waals surface area contributed by atoms with E-state index in [0.29, 0.717) is 12.6 Å². The summed E-state index contributed by atoms with van der Waals surface area (Å²) in [6.07, 6.45) is -0.549. The molecule has 0 amide bonds. The van der Waals surface area contributed by atoms with Gasteiger partial charge in [0.25, 0.3) is 0 Å². The second-order valence-electron chi connectivity index (χ2n) is 7.70. The summed E-state index contributed by atoms with van der Waals surface area (Å²) >= 11 is 0. The smallest absolute Gasteiger partial charge is 0.307 e. The molecule has 0 aliphatic carbocycles. The molecule has 0 aromatic heterocycles. The molecular formula is C18H31NO3Si. The van der Waals surface area contributed by atoms with Gasteiger partial charge in [0.15, 0.2) is 0 Å². The third-order valence-corrected chi connectivity index (χ3v) is 5.96. The van der Waals surface area contributed by atoms with Gasteiger partial charge in [0.05, 0.1) is 12.0 Å². The molecule has 3 N–H and O–H groups in total. The Bertz CT molecular complexity index is 485. The molecule has 0 fully saturated rings. The van der Waals surface area contributed by atoms with E-state index in [4.69, 9.17) is 0 Å². The standard InChI is InChI=1S/C18H31NO3Si/c1-13(14(2)20)17(16(18(21)22)12-23(3,4)5)19-11-15-9-7-6-8-10-15/h6-10,13-14,16-17,19-20H,11-12H2,1-5H3,(H,21,22). The number of carboxylic acids is 1. The van der Waals surface area contributed by atoms with Gasteiger partial charge in [-0.15, -0.1) is 0 Å². The van der Waals surface area contributed by atoms with E-state index in [-0.39, 0.29) is 12.0 Å². The Morgan fingerprint density at radius 1 is 1.17 bits per heavy atom. The largest absolute Gasteiger partial charge is 0.481 e. The van der Waals surface area contributed by atoms with Crippen molar-refractivity contribution in [2.75, 3.05) is 0 Å². The average Bonchev–Trinajstić information content (AvgIpc) is 2.45. The van der Waals surface area contributed by atoms with Crippen molar-refractivity contribution in [1.82, 2.24) is 5.32 Å². The van der Waals surface area contributed by atoms with Gasteiger partial charge >= 0.3 is 5.97 Å². The van der Waals surface area contributed by atoms with Crippen molar-refractivity contribution in [2.45, 2.75) is 58.2 Å². The highest BCUT2D eigenvalue weighted by atomic mass is 28.3. The minimum Gasteiger partial charge on any atom is -0.481 e. The molecule has 0 bridgehead atoms. The molecule has 130 valence electrons. The van der Waals surface area contributed by atoms with Crippen molar-refractivity contribution in [3.05, 3.63) is 35.9 Å². The molecule has 0 aliphatic rings. The maximum absolute atomic E-state index is 11.9. The molecule has 23 heavy (non-hydrogen) atoms. The number of rotatable bonds is 9. The van der Waals surface area contributed by atoms with Crippen molar-refractivity contribution in [1.29, 1.82) is 0 Å². The summed E-state index contributed by atoms with van der Waals surface area (Å²) in [6, 6.07) is 10.4. The van der Waals surface area contributed by atoms with E-state index in [2.05, 4.69) is 25.0 Å². The number of aliphatic carboxylic acids is 1. The van der Waals surface area contributed by atoms with Crippen LogP contribution >= 0.6 is 0 Å². The molecule has 1 aromatic rings. The molecule has 0 heterocycles. The van der Waals surface area contributed by atoms with Crippen LogP contribution in [0.25, 0.3) is 0 Å². The Labute approximate surface area is 140 Å². The molecule has 4 atom stereocenters. The fraction of sp³-hybridized carbons (Fsp3) is 0.611. The Morgan fingerprint density at radius 2 is 1.74 bits per heavy atom. The number of carboxylic acid groups (broad SMARTS) is 1. The third-order valence-electron chi connectivity index (χ3n) is 4.30. The van der Waals surface area contributed by atoms with Crippen LogP contribution in [0.1, 0.15) is 19.4 Å². The van der Waals surface area contributed by atoms with E-state index in [0.717, 1.165) is 5.56 Å². The third kappa shape index (κ3) is 6.85. The minimum absolute atomic E-state index is 0.129. The van der Waals surface area contributed by atoms with Gasteiger partial charge in [0.1, 0.15) is 0 Å². The predicted molar refractivity (Wildman–Crippen MR) is 97.2 cm³/mol. The van der Waals surface area contributed by atoms with E-state index in [1.165, 1.54) is 0 Å². The van der Waals surface area contributed by atoms with Gasteiger partial charge < -0.3 is 15.5 Å². The van der Waals surface area contributed by atoms with Crippen LogP contribution in [-0.4, -0.2) is 36.4 Å². The Kier molecular flexibility index (Phi) is 7.44. The number of carbonyl (C=O) groups is 1. The van der Waals surface area contributed by atoms with Crippen LogP contribution in [0.4, 0.5) is 0 Å². The van der Waals surface area contributed by atoms with Gasteiger partial charge in [-0.25, -0.2) is 0 Å². The number of hydrogen-bond donors (Lipinski definition) is 3. The Morgan fingerprint density at radius 3 is 2.17 bits per heavy atom. The second kappa shape index (κ2) is 8.62. The topological polar surface area (TPSA) is 69.6 Å². The molecule has 4 unspecified atom stereocenters. The summed E-state index contributed by atoms with van der Waals surface area (Å²) in [5.74, 6) is -1.38. The zero-order valence-corrected chi connectivity index (χ0v) is 15.9. The normalized spacial score (nSPS) is 17.3. The second-order valence-corrected chi connectivity index (χ2v) is 13.2. The monoisotopic (exact) mass is 337 g/mol. The molecule has 4 nitrogen and oxygen atoms in total. The lowest BCUT2D eigenvalue weighted by Crippen LogP contribution is -2.49. The Hall–Kier alpha value is -1.17. The van der Waals surface area contributed by atoms with Crippen LogP contribution in [0.5, 0.6) is 0 Å². The lowest BCUT2D eigenvalue weighted by molar-refractivity contribution is -0.143. The van der Waals surface area contributed by atoms with E-state index >= 15 is 0 Å². The van der Waals surface area contributed by atoms with Gasteiger partial charge in [0.2, 0.25) is 0 Å². The SMILES string of the molecule is CC(O)C(C)C(NCc1ccccc1)C(C[Si](C)(C)C)C(=O)O. The van der Waals surface area contributed by atoms with Gasteiger partial charge in [-0.05, 0) is 24.4 Å². The van der Waals surface area contributed by atoms with Crippen molar-refractivity contribution >= 4 is 14.0 Å². The number of benzene rings is 1. The number of aliphatic hydroxyl groups is 1. The summed E-state index contributed by atoms with van der Waals surface area (Å²) in [5.41, 5.74) is 1.12. The molecule has 1 aromatic carbocycles. The van der Waals surface area contributed by atoms with Gasteiger partial charge in [-0.1, -0.05) is 56.9 Å². The number of aliphatic hydroxyl groups excluding tert-OH is 1. The van der Waals surface area contributed by atoms with Gasteiger partial charge in [-0.2, -0.15) is 0 Å². The van der Waals surface area contributed by atoms with Crippen molar-refractivity contribution in [2.24, 2.45) is 11.8 Å². The van der Waals surface area contributed by atoms with Crippen molar-refractivity contribution in [3.63, 3.8) is 0 Å². The lowest BCUT2D eigenvalue weighted by atomic mass is 9.87. The lowest BCUT2D eigenvalue weighted by Gasteiger charge is -2.34. The quantitative estimate of drug-likeness (QED) is 0.605. The molecule has 0 aliphatic heterocycles. The van der Waals surface area contributed by atoms with Crippen LogP contribution in [0.3, 0.4) is 0 Å². The van der Waals surface area contributed by atoms with E-state index in [1.807, 2.05) is 37.3 Å². The minimum atomic E-state index is -1.54. The maximum atomic E-state index is 11.9. The van der Waals surface area contributed by atoms with Crippen molar-refractivity contribution in [3.8, 4) is 0 Å². The fourth-order valence-corrected chi connectivity index (χ4v) is 4.60. The molecule has 0 radical (unpaired) electrons. The first-order valence-corrected chi connectivity index (χ1v) is 12.0. The first kappa shape index (κ1) is 19.9. The number of hydrogen-bond acceptors (Lipinski definition) is 3. The summed E-state index contributed by atoms with van der Waals surface area (Å²) in [5, 5.41) is 23.1. The molecule has 0 saturated carbocycles. The zero-order valence-electron chi connectivity index (χ0n) is 14.9. The van der Waals surface area contributed by atoms with Crippen LogP contribution in [0, 0.1) is 11.8 Å². The predicted octanol–water partition coefficient (Wildman–Crippen LogP) is 3.20. The summed E-state index contributed by atoms with van der Waals surface area (Å²) in [4.78, 5) is 11.9. The first-order valence-electron chi connectivity index (χ1n) is 8.30. The highest BCUT2D eigenvalue weighted by Crippen LogP contribution is 2.26. The van der Waals surface area contributed by atoms with Crippen LogP contribution in [-0.2, 0) is 11.3 Å². The van der Waals surface area contributed by atoms with Crippen molar-refractivity contribution < 1.29 is 15.0 Å². The van der Waals surface area contributed by atoms with Gasteiger partial charge in [0, 0.05) is 20.7 Å². The van der Waals surface area contributed by atoms with Crippen LogP contribution in [0.2, 0.25) is 25.7 Å². The molecule has 5 heteroatoms. The summed E-state index contributed by atoms with van der Waals surface area (Å²) in [6.45, 7) is 10.8. The highest BCUT2D eigenvalue weighted by molar-refractivity contribution is 6.76. The van der Waals surface area contributed by atoms with E-state index < -0.39 is 26.1 Å². The van der Waals surface area contributed by atoms with E-state index in [9.17, 15) is 15.0 Å². The summed E-state index contributed by atoms with van der Waals surface area (Å²) < 4.78 is 0. The Balaban J connectivity index is 2.94. The molecule has 0 saturated heterocycles. The van der Waals surface area contributed by atoms with Gasteiger partial charge in [-0.3, -0.25) is 4.79 Å². The molecular weight excluding hydrogens is 306 g/mol. The zero-order chi connectivity index (χ0) is 17.6. The molecule has 0 spiro atoms. The number of nitrogens with one attached hydrogen (secondary N) is 1. The average molecular weight is 338 g/mol. The maximum Gasteiger partial charge on any atom is 0.307 e. The van der Waals surface area contributed by atoms with Crippen LogP contribution < -0.4 is 5.32 Å².